The summed E-state index contributed by atoms with van der Waals surface area (Å²) >= 11 is 0. The molecule has 0 amide bonds. The topological polar surface area (TPSA) is 35.5 Å². The lowest BCUT2D eigenvalue weighted by Gasteiger charge is -2.40. The molecule has 18 heavy (non-hydrogen) atoms. The molecular formula is C14H19FN2O. The van der Waals surface area contributed by atoms with E-state index in [2.05, 4.69) is 10.2 Å². The van der Waals surface area contributed by atoms with E-state index >= 15 is 0 Å². The summed E-state index contributed by atoms with van der Waals surface area (Å²) in [5.41, 5.74) is 2.32. The van der Waals surface area contributed by atoms with Gasteiger partial charge in [-0.3, -0.25) is 4.90 Å². The first-order valence-corrected chi connectivity index (χ1v) is 6.64. The van der Waals surface area contributed by atoms with Gasteiger partial charge in [-0.25, -0.2) is 4.39 Å². The van der Waals surface area contributed by atoms with Crippen molar-refractivity contribution in [2.75, 3.05) is 19.6 Å². The first-order valence-electron chi connectivity index (χ1n) is 6.64. The van der Waals surface area contributed by atoms with Crippen LogP contribution >= 0.6 is 0 Å². The van der Waals surface area contributed by atoms with Crippen LogP contribution in [0.3, 0.4) is 0 Å². The molecule has 2 aliphatic rings. The number of β-amino-alcohol motifs (C(OH)–C–C–N with tert-alkyl or cyclic N) is 1. The lowest BCUT2D eigenvalue weighted by molar-refractivity contribution is 0.0220. The zero-order chi connectivity index (χ0) is 12.5. The molecule has 2 unspecified atom stereocenters. The molecule has 4 heteroatoms. The number of hydrogen-bond donors (Lipinski definition) is 2. The van der Waals surface area contributed by atoms with Crippen molar-refractivity contribution in [3.8, 4) is 0 Å². The van der Waals surface area contributed by atoms with Gasteiger partial charge in [0.2, 0.25) is 0 Å². The van der Waals surface area contributed by atoms with E-state index in [1.807, 2.05) is 6.07 Å². The van der Waals surface area contributed by atoms with Crippen LogP contribution in [0.15, 0.2) is 18.2 Å². The van der Waals surface area contributed by atoms with Gasteiger partial charge in [0.1, 0.15) is 5.82 Å². The largest absolute Gasteiger partial charge is 0.390 e. The summed E-state index contributed by atoms with van der Waals surface area (Å²) in [6.45, 7) is 3.39. The SMILES string of the molecule is OC1CNCCC1N1CCc2cc(F)ccc2C1. The Labute approximate surface area is 107 Å². The van der Waals surface area contributed by atoms with Crippen molar-refractivity contribution in [2.24, 2.45) is 0 Å². The molecule has 2 aliphatic heterocycles. The van der Waals surface area contributed by atoms with Gasteiger partial charge in [0, 0.05) is 25.7 Å². The molecule has 2 heterocycles. The quantitative estimate of drug-likeness (QED) is 0.777. The Hall–Kier alpha value is -0.970. The highest BCUT2D eigenvalue weighted by atomic mass is 19.1. The van der Waals surface area contributed by atoms with Gasteiger partial charge in [-0.05, 0) is 42.6 Å². The molecule has 0 aliphatic carbocycles. The number of hydrogen-bond acceptors (Lipinski definition) is 3. The minimum absolute atomic E-state index is 0.149. The number of halogens is 1. The summed E-state index contributed by atoms with van der Waals surface area (Å²) in [6, 6.07) is 5.29. The normalized spacial score (nSPS) is 29.0. The van der Waals surface area contributed by atoms with Crippen LogP contribution in [-0.2, 0) is 13.0 Å². The molecule has 1 aromatic rings. The molecule has 0 bridgehead atoms. The fourth-order valence-corrected chi connectivity index (χ4v) is 3.08. The molecule has 1 fully saturated rings. The average molecular weight is 250 g/mol. The van der Waals surface area contributed by atoms with Crippen molar-refractivity contribution in [2.45, 2.75) is 31.5 Å². The van der Waals surface area contributed by atoms with Crippen LogP contribution in [0, 0.1) is 5.82 Å². The third-order valence-corrected chi connectivity index (χ3v) is 4.09. The van der Waals surface area contributed by atoms with Crippen LogP contribution in [0.1, 0.15) is 17.5 Å². The Kier molecular flexibility index (Phi) is 3.33. The Morgan fingerprint density at radius 2 is 2.22 bits per heavy atom. The third kappa shape index (κ3) is 2.28. The number of aliphatic hydroxyl groups excluding tert-OH is 1. The first kappa shape index (κ1) is 12.1. The van der Waals surface area contributed by atoms with E-state index in [9.17, 15) is 9.50 Å². The number of rotatable bonds is 1. The van der Waals surface area contributed by atoms with Crippen molar-refractivity contribution in [1.82, 2.24) is 10.2 Å². The van der Waals surface area contributed by atoms with E-state index in [0.717, 1.165) is 38.0 Å². The van der Waals surface area contributed by atoms with Crippen molar-refractivity contribution in [3.05, 3.63) is 35.1 Å². The fraction of sp³-hybridized carbons (Fsp3) is 0.571. The first-order chi connectivity index (χ1) is 8.74. The van der Waals surface area contributed by atoms with Gasteiger partial charge in [0.15, 0.2) is 0 Å². The number of aliphatic hydroxyl groups is 1. The van der Waals surface area contributed by atoms with E-state index in [1.165, 1.54) is 11.6 Å². The maximum Gasteiger partial charge on any atom is 0.123 e. The summed E-state index contributed by atoms with van der Waals surface area (Å²) < 4.78 is 13.1. The van der Waals surface area contributed by atoms with Gasteiger partial charge in [-0.15, -0.1) is 0 Å². The standard InChI is InChI=1S/C14H19FN2O/c15-12-2-1-11-9-17(6-4-10(11)7-12)13-3-5-16-8-14(13)18/h1-2,7,13-14,16,18H,3-6,8-9H2. The molecule has 0 radical (unpaired) electrons. The third-order valence-electron chi connectivity index (χ3n) is 4.09. The van der Waals surface area contributed by atoms with Crippen molar-refractivity contribution < 1.29 is 9.50 Å². The molecule has 98 valence electrons. The molecule has 3 nitrogen and oxygen atoms in total. The highest BCUT2D eigenvalue weighted by Crippen LogP contribution is 2.24. The molecule has 1 aromatic carbocycles. The van der Waals surface area contributed by atoms with Gasteiger partial charge in [0.05, 0.1) is 6.10 Å². The van der Waals surface area contributed by atoms with Gasteiger partial charge in [-0.1, -0.05) is 6.07 Å². The summed E-state index contributed by atoms with van der Waals surface area (Å²) in [6.07, 6.45) is 1.57. The average Bonchev–Trinajstić information content (AvgIpc) is 2.39. The highest BCUT2D eigenvalue weighted by Gasteiger charge is 2.30. The second-order valence-corrected chi connectivity index (χ2v) is 5.26. The van der Waals surface area contributed by atoms with E-state index in [0.29, 0.717) is 6.54 Å². The molecule has 2 atom stereocenters. The molecule has 0 spiro atoms. The summed E-state index contributed by atoms with van der Waals surface area (Å²) in [5, 5.41) is 13.3. The highest BCUT2D eigenvalue weighted by molar-refractivity contribution is 5.30. The number of nitrogens with zero attached hydrogens (tertiary/aromatic N) is 1. The van der Waals surface area contributed by atoms with Gasteiger partial charge in [0.25, 0.3) is 0 Å². The van der Waals surface area contributed by atoms with E-state index in [1.54, 1.807) is 6.07 Å². The fourth-order valence-electron chi connectivity index (χ4n) is 3.08. The van der Waals surface area contributed by atoms with Crippen LogP contribution in [0.25, 0.3) is 0 Å². The Morgan fingerprint density at radius 1 is 1.33 bits per heavy atom. The molecule has 0 saturated carbocycles. The smallest absolute Gasteiger partial charge is 0.123 e. The second kappa shape index (κ2) is 4.96. The minimum Gasteiger partial charge on any atom is -0.390 e. The van der Waals surface area contributed by atoms with Gasteiger partial charge in [-0.2, -0.15) is 0 Å². The van der Waals surface area contributed by atoms with E-state index in [4.69, 9.17) is 0 Å². The van der Waals surface area contributed by atoms with E-state index < -0.39 is 0 Å². The van der Waals surface area contributed by atoms with Crippen LogP contribution in [-0.4, -0.2) is 41.8 Å². The zero-order valence-electron chi connectivity index (χ0n) is 10.4. The summed E-state index contributed by atoms with van der Waals surface area (Å²) in [4.78, 5) is 2.34. The maximum atomic E-state index is 13.1. The van der Waals surface area contributed by atoms with Crippen molar-refractivity contribution in [3.63, 3.8) is 0 Å². The Morgan fingerprint density at radius 3 is 3.06 bits per heavy atom. The molecule has 3 rings (SSSR count). The number of nitrogens with one attached hydrogen (secondary N) is 1. The van der Waals surface area contributed by atoms with E-state index in [-0.39, 0.29) is 18.0 Å². The van der Waals surface area contributed by atoms with Crippen LogP contribution < -0.4 is 5.32 Å². The number of fused-ring (bicyclic) bond motifs is 1. The monoisotopic (exact) mass is 250 g/mol. The van der Waals surface area contributed by atoms with Crippen molar-refractivity contribution >= 4 is 0 Å². The second-order valence-electron chi connectivity index (χ2n) is 5.26. The zero-order valence-corrected chi connectivity index (χ0v) is 10.4. The minimum atomic E-state index is -0.291. The van der Waals surface area contributed by atoms with Crippen molar-refractivity contribution in [1.29, 1.82) is 0 Å². The number of benzene rings is 1. The molecule has 0 aromatic heterocycles. The predicted molar refractivity (Wildman–Crippen MR) is 67.8 cm³/mol. The lowest BCUT2D eigenvalue weighted by Crippen LogP contribution is -2.53. The number of piperidine rings is 1. The van der Waals surface area contributed by atoms with Crippen LogP contribution in [0.5, 0.6) is 0 Å². The van der Waals surface area contributed by atoms with Crippen LogP contribution in [0.2, 0.25) is 0 Å². The molecule has 1 saturated heterocycles. The Balaban J connectivity index is 1.76. The summed E-state index contributed by atoms with van der Waals surface area (Å²) in [7, 11) is 0. The summed E-state index contributed by atoms with van der Waals surface area (Å²) in [5.74, 6) is -0.149. The lowest BCUT2D eigenvalue weighted by atomic mass is 9.94. The predicted octanol–water partition coefficient (Wildman–Crippen LogP) is 0.907. The molecular weight excluding hydrogens is 231 g/mol. The molecule has 2 N–H and O–H groups in total. The Bertz CT molecular complexity index is 438. The van der Waals surface area contributed by atoms with Crippen LogP contribution in [0.4, 0.5) is 4.39 Å². The van der Waals surface area contributed by atoms with Gasteiger partial charge >= 0.3 is 0 Å². The van der Waals surface area contributed by atoms with Gasteiger partial charge < -0.3 is 10.4 Å². The maximum absolute atomic E-state index is 13.1.